The number of hydrogen-bond donors (Lipinski definition) is 2. The van der Waals surface area contributed by atoms with Crippen LogP contribution >= 0.6 is 11.3 Å². The fourth-order valence-electron chi connectivity index (χ4n) is 6.92. The number of urea groups is 1. The third-order valence-electron chi connectivity index (χ3n) is 9.28. The lowest BCUT2D eigenvalue weighted by Crippen LogP contribution is -2.48. The first kappa shape index (κ1) is 30.8. The molecule has 240 valence electrons. The predicted octanol–water partition coefficient (Wildman–Crippen LogP) is 6.99. The standard InChI is InChI=1S/C37H36FN5O3S/c1-23-7-6-8-26(19-23)39-37(46)41-34-36(45)43(31-12-5-3-10-29(31)33(40-34)28-9-2-4-11-30(28)38)22-27-17-18-32(47-27)35(44)42-20-24-13-14-25(21-42)16-15-24/h2-12,17-19,24-25,34H,13-16,20-22H2,1H3,(H2,39,41,46). The maximum atomic E-state index is 15.3. The number of hydrogen-bond acceptors (Lipinski definition) is 5. The number of aliphatic imine (C=N–C) groups is 1. The van der Waals surface area contributed by atoms with Gasteiger partial charge in [0, 0.05) is 34.8 Å². The van der Waals surface area contributed by atoms with Crippen LogP contribution in [0.2, 0.25) is 0 Å². The molecular formula is C37H36FN5O3S. The van der Waals surface area contributed by atoms with E-state index in [4.69, 9.17) is 4.99 Å². The van der Waals surface area contributed by atoms with Crippen molar-refractivity contribution in [2.45, 2.75) is 45.3 Å². The quantitative estimate of drug-likeness (QED) is 0.236. The second kappa shape index (κ2) is 13.1. The smallest absolute Gasteiger partial charge is 0.321 e. The topological polar surface area (TPSA) is 94.1 Å². The Labute approximate surface area is 277 Å². The number of halogens is 1. The lowest BCUT2D eigenvalue weighted by atomic mass is 9.84. The van der Waals surface area contributed by atoms with Gasteiger partial charge < -0.3 is 20.4 Å². The van der Waals surface area contributed by atoms with Crippen molar-refractivity contribution in [2.75, 3.05) is 23.3 Å². The van der Waals surface area contributed by atoms with E-state index in [1.807, 2.05) is 54.3 Å². The van der Waals surface area contributed by atoms with Crippen LogP contribution < -0.4 is 15.5 Å². The Hall–Kier alpha value is -4.83. The number of thiophene rings is 1. The SMILES string of the molecule is Cc1cccc(NC(=O)NC2N=C(c3ccccc3F)c3ccccc3N(Cc3ccc(C(=O)N4CC5CCC(CC5)C4)s3)C2=O)c1. The van der Waals surface area contributed by atoms with Gasteiger partial charge in [0.25, 0.3) is 11.8 Å². The van der Waals surface area contributed by atoms with Crippen molar-refractivity contribution < 1.29 is 18.8 Å². The third kappa shape index (κ3) is 6.55. The van der Waals surface area contributed by atoms with Gasteiger partial charge in [-0.1, -0.05) is 42.5 Å². The van der Waals surface area contributed by atoms with E-state index in [1.54, 1.807) is 41.3 Å². The Morgan fingerprint density at radius 2 is 1.60 bits per heavy atom. The minimum absolute atomic E-state index is 0.0418. The molecule has 1 unspecified atom stereocenters. The highest BCUT2D eigenvalue weighted by atomic mass is 32.1. The lowest BCUT2D eigenvalue weighted by molar-refractivity contribution is -0.120. The number of amides is 4. The Bertz CT molecular complexity index is 1850. The highest BCUT2D eigenvalue weighted by Gasteiger charge is 2.35. The van der Waals surface area contributed by atoms with Crippen LogP contribution in [-0.4, -0.2) is 47.7 Å². The van der Waals surface area contributed by atoms with Crippen LogP contribution in [0, 0.1) is 24.6 Å². The van der Waals surface area contributed by atoms with Gasteiger partial charge in [-0.3, -0.25) is 9.59 Å². The van der Waals surface area contributed by atoms with Crippen molar-refractivity contribution in [3.05, 3.63) is 117 Å². The Kier molecular flexibility index (Phi) is 8.60. The number of benzene rings is 3. The highest BCUT2D eigenvalue weighted by Crippen LogP contribution is 2.36. The molecule has 10 heteroatoms. The summed E-state index contributed by atoms with van der Waals surface area (Å²) >= 11 is 1.38. The molecule has 8 rings (SSSR count). The first-order valence-electron chi connectivity index (χ1n) is 16.1. The zero-order chi connectivity index (χ0) is 32.5. The number of carbonyl (C=O) groups is 3. The highest BCUT2D eigenvalue weighted by molar-refractivity contribution is 7.14. The van der Waals surface area contributed by atoms with Gasteiger partial charge in [0.2, 0.25) is 6.17 Å². The van der Waals surface area contributed by atoms with Gasteiger partial charge in [-0.25, -0.2) is 14.2 Å². The molecule has 4 aliphatic rings. The average molecular weight is 650 g/mol. The minimum atomic E-state index is -1.35. The number of fused-ring (bicyclic) bond motifs is 5. The summed E-state index contributed by atoms with van der Waals surface area (Å²) in [5.74, 6) is 0.209. The third-order valence-corrected chi connectivity index (χ3v) is 10.3. The van der Waals surface area contributed by atoms with E-state index >= 15 is 4.39 Å². The molecule has 1 atom stereocenters. The molecule has 2 N–H and O–H groups in total. The molecule has 0 radical (unpaired) electrons. The van der Waals surface area contributed by atoms with Crippen molar-refractivity contribution in [1.29, 1.82) is 0 Å². The zero-order valence-corrected chi connectivity index (χ0v) is 26.9. The molecule has 4 heterocycles. The molecule has 0 spiro atoms. The summed E-state index contributed by atoms with van der Waals surface area (Å²) in [7, 11) is 0. The number of benzodiazepines with no additional fused rings is 1. The van der Waals surface area contributed by atoms with Crippen LogP contribution in [0.1, 0.15) is 56.9 Å². The normalized spacial score (nSPS) is 20.6. The Morgan fingerprint density at radius 3 is 2.32 bits per heavy atom. The van der Waals surface area contributed by atoms with Gasteiger partial charge >= 0.3 is 6.03 Å². The molecular weight excluding hydrogens is 614 g/mol. The van der Waals surface area contributed by atoms with Crippen LogP contribution in [-0.2, 0) is 11.3 Å². The summed E-state index contributed by atoms with van der Waals surface area (Å²) in [6.07, 6.45) is 3.41. The minimum Gasteiger partial charge on any atom is -0.337 e. The maximum absolute atomic E-state index is 15.3. The maximum Gasteiger partial charge on any atom is 0.321 e. The summed E-state index contributed by atoms with van der Waals surface area (Å²) in [6, 6.07) is 23.9. The van der Waals surface area contributed by atoms with Crippen molar-refractivity contribution >= 4 is 46.3 Å². The Morgan fingerprint density at radius 1 is 0.894 bits per heavy atom. The number of rotatable bonds is 6. The fraction of sp³-hybridized carbons (Fsp3) is 0.297. The molecule has 47 heavy (non-hydrogen) atoms. The largest absolute Gasteiger partial charge is 0.337 e. The molecule has 2 saturated heterocycles. The monoisotopic (exact) mass is 649 g/mol. The van der Waals surface area contributed by atoms with E-state index in [9.17, 15) is 14.4 Å². The molecule has 3 aromatic carbocycles. The average Bonchev–Trinajstić information content (AvgIpc) is 3.26. The number of nitrogens with zero attached hydrogens (tertiary/aromatic N) is 3. The molecule has 1 aromatic heterocycles. The fourth-order valence-corrected chi connectivity index (χ4v) is 7.88. The van der Waals surface area contributed by atoms with Gasteiger partial charge in [0.15, 0.2) is 0 Å². The number of carbonyl (C=O) groups excluding carboxylic acids is 3. The summed E-state index contributed by atoms with van der Waals surface area (Å²) in [5, 5.41) is 5.50. The van der Waals surface area contributed by atoms with Gasteiger partial charge in [0.05, 0.1) is 22.8 Å². The zero-order valence-electron chi connectivity index (χ0n) is 26.1. The van der Waals surface area contributed by atoms with Crippen molar-refractivity contribution in [3.8, 4) is 0 Å². The molecule has 8 nitrogen and oxygen atoms in total. The van der Waals surface area contributed by atoms with Crippen LogP contribution in [0.25, 0.3) is 0 Å². The number of para-hydroxylation sites is 1. The van der Waals surface area contributed by atoms with Crippen LogP contribution in [0.4, 0.5) is 20.6 Å². The van der Waals surface area contributed by atoms with Crippen LogP contribution in [0.15, 0.2) is 89.9 Å². The second-order valence-corrected chi connectivity index (χ2v) is 13.8. The van der Waals surface area contributed by atoms with Crippen molar-refractivity contribution in [2.24, 2.45) is 16.8 Å². The summed E-state index contributed by atoms with van der Waals surface area (Å²) < 4.78 is 15.3. The number of aryl methyl sites for hydroxylation is 1. The first-order valence-corrected chi connectivity index (χ1v) is 16.9. The molecule has 3 aliphatic heterocycles. The van der Waals surface area contributed by atoms with E-state index in [1.165, 1.54) is 43.1 Å². The van der Waals surface area contributed by atoms with E-state index in [2.05, 4.69) is 10.6 Å². The van der Waals surface area contributed by atoms with E-state index in [0.717, 1.165) is 23.5 Å². The molecule has 4 amide bonds. The van der Waals surface area contributed by atoms with Gasteiger partial charge in [0.1, 0.15) is 5.82 Å². The molecule has 1 saturated carbocycles. The van der Waals surface area contributed by atoms with Gasteiger partial charge in [-0.05, 0) is 92.5 Å². The molecule has 3 fully saturated rings. The summed E-state index contributed by atoms with van der Waals surface area (Å²) in [5.41, 5.74) is 3.10. The van der Waals surface area contributed by atoms with E-state index in [0.29, 0.717) is 33.7 Å². The van der Waals surface area contributed by atoms with Crippen LogP contribution in [0.3, 0.4) is 0 Å². The van der Waals surface area contributed by atoms with Crippen molar-refractivity contribution in [3.63, 3.8) is 0 Å². The second-order valence-electron chi connectivity index (χ2n) is 12.6. The van der Waals surface area contributed by atoms with Gasteiger partial charge in [-0.15, -0.1) is 11.3 Å². The molecule has 4 aromatic rings. The van der Waals surface area contributed by atoms with E-state index in [-0.39, 0.29) is 23.7 Å². The van der Waals surface area contributed by atoms with Crippen LogP contribution in [0.5, 0.6) is 0 Å². The van der Waals surface area contributed by atoms with E-state index < -0.39 is 23.9 Å². The number of anilines is 2. The van der Waals surface area contributed by atoms with Gasteiger partial charge in [-0.2, -0.15) is 0 Å². The molecule has 2 bridgehead atoms. The lowest BCUT2D eigenvalue weighted by Gasteiger charge is -2.25. The summed E-state index contributed by atoms with van der Waals surface area (Å²) in [4.78, 5) is 50.9. The summed E-state index contributed by atoms with van der Waals surface area (Å²) in [6.45, 7) is 3.67. The molecule has 1 aliphatic carbocycles. The first-order chi connectivity index (χ1) is 22.8. The number of nitrogens with one attached hydrogen (secondary N) is 2. The van der Waals surface area contributed by atoms with Crippen molar-refractivity contribution in [1.82, 2.24) is 10.2 Å². The Balaban J connectivity index is 1.20. The predicted molar refractivity (Wildman–Crippen MR) is 182 cm³/mol.